The monoisotopic (exact) mass is 361 g/mol. The van der Waals surface area contributed by atoms with Gasteiger partial charge < -0.3 is 15.4 Å². The lowest BCUT2D eigenvalue weighted by Gasteiger charge is -2.21. The van der Waals surface area contributed by atoms with Gasteiger partial charge in [-0.3, -0.25) is 0 Å². The second kappa shape index (κ2) is 8.72. The van der Waals surface area contributed by atoms with Gasteiger partial charge >= 0.3 is 5.97 Å². The number of rotatable bonds is 8. The van der Waals surface area contributed by atoms with Gasteiger partial charge in [0.15, 0.2) is 5.71 Å². The molecule has 1 saturated carbocycles. The molecule has 1 aromatic rings. The first-order valence-corrected chi connectivity index (χ1v) is 8.58. The fourth-order valence-corrected chi connectivity index (χ4v) is 2.55. The molecule has 0 saturated heterocycles. The number of esters is 1. The van der Waals surface area contributed by atoms with Crippen LogP contribution in [0.1, 0.15) is 18.4 Å². The summed E-state index contributed by atoms with van der Waals surface area (Å²) < 4.78 is 4.79. The lowest BCUT2D eigenvalue weighted by molar-refractivity contribution is -0.132. The highest BCUT2D eigenvalue weighted by Crippen LogP contribution is 2.36. The van der Waals surface area contributed by atoms with Crippen LogP contribution in [0.15, 0.2) is 58.5 Å². The largest absolute Gasteiger partial charge is 0.464 e. The van der Waals surface area contributed by atoms with Gasteiger partial charge in [0.2, 0.25) is 0 Å². The second-order valence-corrected chi connectivity index (χ2v) is 6.45. The summed E-state index contributed by atoms with van der Waals surface area (Å²) in [6.45, 7) is 4.56. The van der Waals surface area contributed by atoms with Crippen molar-refractivity contribution >= 4 is 23.3 Å². The summed E-state index contributed by atoms with van der Waals surface area (Å²) in [4.78, 5) is 18.1. The van der Waals surface area contributed by atoms with Gasteiger partial charge in [0.1, 0.15) is 10.9 Å². The SMILES string of the molecule is C=C(/N=C(C(=O)OC)\C(Cl)=C(/N)N(C)CCc1ccccc1)C1CC1. The number of carbonyl (C=O) groups excluding carboxylic acids is 1. The van der Waals surface area contributed by atoms with Crippen LogP contribution in [0, 0.1) is 5.92 Å². The molecule has 134 valence electrons. The predicted molar refractivity (Wildman–Crippen MR) is 101 cm³/mol. The van der Waals surface area contributed by atoms with Gasteiger partial charge in [0.05, 0.1) is 7.11 Å². The van der Waals surface area contributed by atoms with Crippen LogP contribution in [0.2, 0.25) is 0 Å². The third-order valence-corrected chi connectivity index (χ3v) is 4.48. The zero-order valence-corrected chi connectivity index (χ0v) is 15.4. The van der Waals surface area contributed by atoms with E-state index in [1.807, 2.05) is 25.2 Å². The number of aliphatic imine (C=N–C) groups is 1. The first-order chi connectivity index (χ1) is 11.9. The summed E-state index contributed by atoms with van der Waals surface area (Å²) in [6, 6.07) is 10.1. The third kappa shape index (κ3) is 5.36. The molecule has 0 aromatic heterocycles. The van der Waals surface area contributed by atoms with Crippen molar-refractivity contribution in [2.24, 2.45) is 16.6 Å². The maximum absolute atomic E-state index is 12.1. The molecule has 0 unspecified atom stereocenters. The second-order valence-electron chi connectivity index (χ2n) is 6.07. The highest BCUT2D eigenvalue weighted by molar-refractivity contribution is 6.58. The first kappa shape index (κ1) is 19.1. The Labute approximate surface area is 153 Å². The zero-order valence-electron chi connectivity index (χ0n) is 14.7. The number of methoxy groups -OCH3 is 1. The Morgan fingerprint density at radius 2 is 2.04 bits per heavy atom. The molecule has 6 heteroatoms. The number of allylic oxidation sites excluding steroid dienone is 1. The third-order valence-electron chi connectivity index (χ3n) is 4.11. The maximum Gasteiger partial charge on any atom is 0.358 e. The molecule has 1 aliphatic rings. The molecule has 1 aromatic carbocycles. The molecule has 2 rings (SSSR count). The molecular formula is C19H24ClN3O2. The summed E-state index contributed by atoms with van der Waals surface area (Å²) in [5.74, 6) is -0.0160. The number of likely N-dealkylation sites (N-methyl/N-ethyl adjacent to an activating group) is 1. The van der Waals surface area contributed by atoms with E-state index >= 15 is 0 Å². The van der Waals surface area contributed by atoms with Crippen LogP contribution in [0.5, 0.6) is 0 Å². The molecule has 0 amide bonds. The van der Waals surface area contributed by atoms with Crippen LogP contribution in [0.3, 0.4) is 0 Å². The molecular weight excluding hydrogens is 338 g/mol. The minimum Gasteiger partial charge on any atom is -0.464 e. The number of nitrogens with two attached hydrogens (primary N) is 1. The van der Waals surface area contributed by atoms with Crippen LogP contribution in [0.25, 0.3) is 0 Å². The molecule has 0 spiro atoms. The van der Waals surface area contributed by atoms with Gasteiger partial charge in [0.25, 0.3) is 0 Å². The molecule has 2 N–H and O–H groups in total. The number of carbonyl (C=O) groups is 1. The summed E-state index contributed by atoms with van der Waals surface area (Å²) in [7, 11) is 3.11. The Hall–Kier alpha value is -2.27. The molecule has 5 nitrogen and oxygen atoms in total. The number of nitrogens with zero attached hydrogens (tertiary/aromatic N) is 2. The Balaban J connectivity index is 2.14. The van der Waals surface area contributed by atoms with Crippen LogP contribution < -0.4 is 5.73 Å². The molecule has 0 aliphatic heterocycles. The highest BCUT2D eigenvalue weighted by Gasteiger charge is 2.27. The fraction of sp³-hybridized carbons (Fsp3) is 0.368. The van der Waals surface area contributed by atoms with Gasteiger partial charge in [-0.25, -0.2) is 9.79 Å². The van der Waals surface area contributed by atoms with E-state index in [1.54, 1.807) is 4.90 Å². The van der Waals surface area contributed by atoms with Crippen LogP contribution in [0.4, 0.5) is 0 Å². The molecule has 25 heavy (non-hydrogen) atoms. The Morgan fingerprint density at radius 1 is 1.40 bits per heavy atom. The van der Waals surface area contributed by atoms with Crippen LogP contribution in [-0.2, 0) is 16.0 Å². The van der Waals surface area contributed by atoms with Crippen molar-refractivity contribution in [3.05, 3.63) is 59.0 Å². The van der Waals surface area contributed by atoms with Gasteiger partial charge in [0, 0.05) is 25.2 Å². The van der Waals surface area contributed by atoms with E-state index in [-0.39, 0.29) is 16.6 Å². The van der Waals surface area contributed by atoms with Crippen LogP contribution >= 0.6 is 11.6 Å². The molecule has 1 aliphatic carbocycles. The van der Waals surface area contributed by atoms with Gasteiger partial charge in [-0.15, -0.1) is 0 Å². The van der Waals surface area contributed by atoms with Crippen molar-refractivity contribution in [3.8, 4) is 0 Å². The van der Waals surface area contributed by atoms with Gasteiger partial charge in [-0.1, -0.05) is 48.5 Å². The summed E-state index contributed by atoms with van der Waals surface area (Å²) in [5, 5.41) is 0.0872. The molecule has 0 atom stereocenters. The van der Waals surface area contributed by atoms with Crippen LogP contribution in [-0.4, -0.2) is 37.3 Å². The average molecular weight is 362 g/mol. The number of halogens is 1. The van der Waals surface area contributed by atoms with E-state index in [0.29, 0.717) is 18.2 Å². The van der Waals surface area contributed by atoms with Crippen molar-refractivity contribution in [1.82, 2.24) is 4.90 Å². The van der Waals surface area contributed by atoms with E-state index in [9.17, 15) is 4.79 Å². The lowest BCUT2D eigenvalue weighted by atomic mass is 10.1. The summed E-state index contributed by atoms with van der Waals surface area (Å²) in [5.41, 5.74) is 7.98. The number of hydrogen-bond acceptors (Lipinski definition) is 5. The molecule has 1 fully saturated rings. The van der Waals surface area contributed by atoms with Crippen molar-refractivity contribution in [2.75, 3.05) is 20.7 Å². The minimum absolute atomic E-state index is 0.00475. The van der Waals surface area contributed by atoms with E-state index in [1.165, 1.54) is 12.7 Å². The van der Waals surface area contributed by atoms with E-state index < -0.39 is 5.97 Å². The topological polar surface area (TPSA) is 67.9 Å². The van der Waals surface area contributed by atoms with Crippen molar-refractivity contribution in [1.29, 1.82) is 0 Å². The Kier molecular flexibility index (Phi) is 6.65. The Morgan fingerprint density at radius 3 is 2.60 bits per heavy atom. The van der Waals surface area contributed by atoms with E-state index in [4.69, 9.17) is 22.1 Å². The zero-order chi connectivity index (χ0) is 18.4. The maximum atomic E-state index is 12.1. The van der Waals surface area contributed by atoms with Crippen molar-refractivity contribution < 1.29 is 9.53 Å². The summed E-state index contributed by atoms with van der Waals surface area (Å²) >= 11 is 6.36. The minimum atomic E-state index is -0.619. The quantitative estimate of drug-likeness (QED) is 0.570. The first-order valence-electron chi connectivity index (χ1n) is 8.20. The average Bonchev–Trinajstić information content (AvgIpc) is 3.48. The highest BCUT2D eigenvalue weighted by atomic mass is 35.5. The summed E-state index contributed by atoms with van der Waals surface area (Å²) in [6.07, 6.45) is 2.87. The van der Waals surface area contributed by atoms with E-state index in [2.05, 4.69) is 23.7 Å². The number of hydrogen-bond donors (Lipinski definition) is 1. The standard InChI is InChI=1S/C19H24ClN3O2/c1-13(15-9-10-15)22-17(19(24)25-3)16(20)18(21)23(2)12-11-14-7-5-4-6-8-14/h4-8,15H,1,9-12,21H2,2-3H3/b18-16-,22-17+. The predicted octanol–water partition coefficient (Wildman–Crippen LogP) is 3.07. The molecule has 0 bridgehead atoms. The fourth-order valence-electron chi connectivity index (χ4n) is 2.28. The van der Waals surface area contributed by atoms with E-state index in [0.717, 1.165) is 19.3 Å². The van der Waals surface area contributed by atoms with Gasteiger partial charge in [-0.05, 0) is 24.8 Å². The molecule has 0 heterocycles. The van der Waals surface area contributed by atoms with Crippen molar-refractivity contribution in [3.63, 3.8) is 0 Å². The molecule has 0 radical (unpaired) electrons. The van der Waals surface area contributed by atoms with Crippen molar-refractivity contribution in [2.45, 2.75) is 19.3 Å². The number of benzene rings is 1. The smallest absolute Gasteiger partial charge is 0.358 e. The Bertz CT molecular complexity index is 694. The number of ether oxygens (including phenoxy) is 1. The van der Waals surface area contributed by atoms with Gasteiger partial charge in [-0.2, -0.15) is 0 Å². The lowest BCUT2D eigenvalue weighted by Crippen LogP contribution is -2.30. The normalized spacial score (nSPS) is 15.4.